The number of aryl methyl sites for hydroxylation is 2. The Kier molecular flexibility index (Phi) is 7.57. The van der Waals surface area contributed by atoms with Gasteiger partial charge in [0.15, 0.2) is 5.17 Å². The van der Waals surface area contributed by atoms with Gasteiger partial charge in [-0.1, -0.05) is 36.0 Å². The molecule has 31 heavy (non-hydrogen) atoms. The van der Waals surface area contributed by atoms with Crippen LogP contribution in [0.3, 0.4) is 0 Å². The average Bonchev–Trinajstić information content (AvgIpc) is 3.14. The van der Waals surface area contributed by atoms with Crippen LogP contribution in [0.5, 0.6) is 11.5 Å². The molecular formula is C23H27N3O4S. The Balaban J connectivity index is 1.54. The lowest BCUT2D eigenvalue weighted by Crippen LogP contribution is -2.25. The number of hydrogen-bond acceptors (Lipinski definition) is 6. The summed E-state index contributed by atoms with van der Waals surface area (Å²) >= 11 is 1.32. The second kappa shape index (κ2) is 10.3. The lowest BCUT2D eigenvalue weighted by atomic mass is 10.1. The summed E-state index contributed by atoms with van der Waals surface area (Å²) in [5, 5.41) is 8.28. The highest BCUT2D eigenvalue weighted by Gasteiger charge is 2.32. The second-order valence-corrected chi connectivity index (χ2v) is 8.38. The Bertz CT molecular complexity index is 993. The third kappa shape index (κ3) is 6.24. The molecule has 0 radical (unpaired) electrons. The Hall–Kier alpha value is -3.00. The van der Waals surface area contributed by atoms with Gasteiger partial charge in [-0.2, -0.15) is 0 Å². The average molecular weight is 442 g/mol. The van der Waals surface area contributed by atoms with Crippen molar-refractivity contribution in [1.29, 1.82) is 0 Å². The topological polar surface area (TPSA) is 80.2 Å². The summed E-state index contributed by atoms with van der Waals surface area (Å²) in [4.78, 5) is 23.3. The Morgan fingerprint density at radius 3 is 2.61 bits per heavy atom. The van der Waals surface area contributed by atoms with Gasteiger partial charge in [0.1, 0.15) is 16.9 Å². The fraction of sp³-hybridized carbons (Fsp3) is 0.348. The largest absolute Gasteiger partial charge is 0.493 e. The number of thioether (sulfide) groups is 1. The summed E-state index contributed by atoms with van der Waals surface area (Å²) in [6.45, 7) is 8.01. The predicted molar refractivity (Wildman–Crippen MR) is 122 cm³/mol. The van der Waals surface area contributed by atoms with Crippen molar-refractivity contribution in [2.24, 2.45) is 5.10 Å². The molecule has 0 spiro atoms. The van der Waals surface area contributed by atoms with Crippen LogP contribution in [0.2, 0.25) is 0 Å². The molecule has 1 aliphatic heterocycles. The van der Waals surface area contributed by atoms with Crippen molar-refractivity contribution in [2.45, 2.75) is 39.5 Å². The Morgan fingerprint density at radius 1 is 1.10 bits per heavy atom. The van der Waals surface area contributed by atoms with E-state index in [1.54, 1.807) is 0 Å². The van der Waals surface area contributed by atoms with Gasteiger partial charge in [0.2, 0.25) is 11.8 Å². The lowest BCUT2D eigenvalue weighted by Gasteiger charge is -2.19. The van der Waals surface area contributed by atoms with Crippen LogP contribution in [0.25, 0.3) is 0 Å². The normalized spacial score (nSPS) is 15.4. The zero-order valence-corrected chi connectivity index (χ0v) is 19.0. The lowest BCUT2D eigenvalue weighted by molar-refractivity contribution is -0.129. The molecule has 2 aromatic rings. The molecule has 0 saturated heterocycles. The fourth-order valence-corrected chi connectivity index (χ4v) is 4.16. The fourth-order valence-electron chi connectivity index (χ4n) is 3.03. The van der Waals surface area contributed by atoms with Gasteiger partial charge in [0.25, 0.3) is 0 Å². The van der Waals surface area contributed by atoms with Gasteiger partial charge >= 0.3 is 0 Å². The Morgan fingerprint density at radius 2 is 1.87 bits per heavy atom. The minimum absolute atomic E-state index is 0.201. The molecule has 1 aliphatic rings. The van der Waals surface area contributed by atoms with Gasteiger partial charge in [0, 0.05) is 20.3 Å². The third-order valence-electron chi connectivity index (χ3n) is 4.55. The van der Waals surface area contributed by atoms with Gasteiger partial charge in [-0.05, 0) is 48.7 Å². The smallest absolute Gasteiger partial charge is 0.241 e. The highest BCUT2D eigenvalue weighted by Crippen LogP contribution is 2.39. The molecule has 3 rings (SSSR count). The molecular weight excluding hydrogens is 414 g/mol. The quantitative estimate of drug-likeness (QED) is 0.653. The van der Waals surface area contributed by atoms with Gasteiger partial charge in [0.05, 0.1) is 13.2 Å². The number of nitrogens with zero attached hydrogens (tertiary/aromatic N) is 2. The predicted octanol–water partition coefficient (Wildman–Crippen LogP) is 4.15. The molecule has 8 heteroatoms. The van der Waals surface area contributed by atoms with Crippen LogP contribution in [0.15, 0.2) is 47.6 Å². The molecule has 0 aromatic heterocycles. The minimum atomic E-state index is -0.351. The maximum absolute atomic E-state index is 12.0. The first-order valence-electron chi connectivity index (χ1n) is 10.1. The van der Waals surface area contributed by atoms with E-state index in [9.17, 15) is 9.59 Å². The molecule has 0 unspecified atom stereocenters. The molecule has 164 valence electrons. The van der Waals surface area contributed by atoms with E-state index in [-0.39, 0.29) is 17.2 Å². The van der Waals surface area contributed by atoms with E-state index in [0.29, 0.717) is 24.1 Å². The van der Waals surface area contributed by atoms with Crippen molar-refractivity contribution < 1.29 is 19.1 Å². The summed E-state index contributed by atoms with van der Waals surface area (Å²) in [6.07, 6.45) is 0.741. The van der Waals surface area contributed by atoms with Crippen LogP contribution >= 0.6 is 11.8 Å². The van der Waals surface area contributed by atoms with Crippen LogP contribution < -0.4 is 14.8 Å². The van der Waals surface area contributed by atoms with Crippen LogP contribution in [0.1, 0.15) is 42.3 Å². The van der Waals surface area contributed by atoms with Crippen LogP contribution in [0.4, 0.5) is 0 Å². The first kappa shape index (κ1) is 22.7. The van der Waals surface area contributed by atoms with E-state index in [4.69, 9.17) is 9.47 Å². The number of carbonyl (C=O) groups excluding carboxylic acids is 2. The molecule has 1 atom stereocenters. The second-order valence-electron chi connectivity index (χ2n) is 7.31. The molecule has 7 nitrogen and oxygen atoms in total. The van der Waals surface area contributed by atoms with Crippen molar-refractivity contribution in [3.8, 4) is 11.5 Å². The third-order valence-corrected chi connectivity index (χ3v) is 5.65. The van der Waals surface area contributed by atoms with E-state index in [1.807, 2.05) is 44.2 Å². The van der Waals surface area contributed by atoms with Gasteiger partial charge < -0.3 is 14.8 Å². The zero-order valence-electron chi connectivity index (χ0n) is 18.2. The Labute approximate surface area is 186 Å². The summed E-state index contributed by atoms with van der Waals surface area (Å²) in [5.74, 6) is 1.18. The van der Waals surface area contributed by atoms with Crippen molar-refractivity contribution in [3.05, 3.63) is 59.2 Å². The molecule has 1 heterocycles. The minimum Gasteiger partial charge on any atom is -0.493 e. The molecule has 0 fully saturated rings. The number of hydrazone groups is 1. The number of amidine groups is 1. The first-order chi connectivity index (χ1) is 14.8. The summed E-state index contributed by atoms with van der Waals surface area (Å²) in [5.41, 5.74) is 3.15. The molecule has 2 amide bonds. The monoisotopic (exact) mass is 441 g/mol. The first-order valence-corrected chi connectivity index (χ1v) is 11.0. The maximum Gasteiger partial charge on any atom is 0.241 e. The van der Waals surface area contributed by atoms with E-state index in [2.05, 4.69) is 22.6 Å². The van der Waals surface area contributed by atoms with E-state index < -0.39 is 0 Å². The standard InChI is InChI=1S/C23H27N3O4S/c1-15-9-10-16(2)21(13-15)30-12-6-11-29-20-8-5-7-19(14-20)22-26(18(4)28)25-23(31-22)24-17(3)27/h5,7-10,13-14,22H,6,11-12H2,1-4H3,(H,24,25,27)/t22-/m0/s1. The number of ether oxygens (including phenoxy) is 2. The SMILES string of the molecule is CC(=O)NC1=NN(C(C)=O)[C@H](c2cccc(OCCCOc3cc(C)ccc3C)c2)S1. The van der Waals surface area contributed by atoms with Gasteiger partial charge in [-0.3, -0.25) is 9.59 Å². The van der Waals surface area contributed by atoms with Crippen molar-refractivity contribution in [2.75, 3.05) is 13.2 Å². The van der Waals surface area contributed by atoms with Gasteiger partial charge in [-0.25, -0.2) is 5.01 Å². The number of benzene rings is 2. The number of rotatable bonds is 7. The highest BCUT2D eigenvalue weighted by molar-refractivity contribution is 8.14. The molecule has 0 aliphatic carbocycles. The summed E-state index contributed by atoms with van der Waals surface area (Å²) < 4.78 is 11.8. The van der Waals surface area contributed by atoms with E-state index in [1.165, 1.54) is 36.2 Å². The summed E-state index contributed by atoms with van der Waals surface area (Å²) in [6, 6.07) is 13.7. The van der Waals surface area contributed by atoms with Crippen LogP contribution in [-0.4, -0.2) is 35.2 Å². The molecule has 2 aromatic carbocycles. The van der Waals surface area contributed by atoms with Crippen molar-refractivity contribution >= 4 is 28.7 Å². The van der Waals surface area contributed by atoms with Crippen LogP contribution in [0, 0.1) is 13.8 Å². The molecule has 0 saturated carbocycles. The number of hydrogen-bond donors (Lipinski definition) is 1. The van der Waals surface area contributed by atoms with E-state index >= 15 is 0 Å². The van der Waals surface area contributed by atoms with Crippen LogP contribution in [-0.2, 0) is 9.59 Å². The number of carbonyl (C=O) groups is 2. The highest BCUT2D eigenvalue weighted by atomic mass is 32.2. The number of amides is 2. The molecule has 1 N–H and O–H groups in total. The maximum atomic E-state index is 12.0. The van der Waals surface area contributed by atoms with Crippen molar-refractivity contribution in [1.82, 2.24) is 10.3 Å². The zero-order chi connectivity index (χ0) is 22.4. The number of nitrogens with one attached hydrogen (secondary N) is 1. The summed E-state index contributed by atoms with van der Waals surface area (Å²) in [7, 11) is 0. The van der Waals surface area contributed by atoms with Gasteiger partial charge in [-0.15, -0.1) is 5.10 Å². The van der Waals surface area contributed by atoms with Crippen molar-refractivity contribution in [3.63, 3.8) is 0 Å². The molecule has 0 bridgehead atoms. The van der Waals surface area contributed by atoms with E-state index in [0.717, 1.165) is 23.3 Å².